The Hall–Kier alpha value is -1.36. The van der Waals surface area contributed by atoms with Crippen LogP contribution in [0.15, 0.2) is 17.5 Å². The van der Waals surface area contributed by atoms with Crippen LogP contribution in [-0.4, -0.2) is 17.5 Å². The number of hydrogen-bond donors (Lipinski definition) is 1. The second-order valence-corrected chi connectivity index (χ2v) is 5.23. The first-order valence-corrected chi connectivity index (χ1v) is 6.59. The summed E-state index contributed by atoms with van der Waals surface area (Å²) < 4.78 is 5.38. The highest BCUT2D eigenvalue weighted by Gasteiger charge is 2.42. The van der Waals surface area contributed by atoms with Gasteiger partial charge in [0.15, 0.2) is 5.60 Å². The van der Waals surface area contributed by atoms with Crippen molar-refractivity contribution in [1.82, 2.24) is 0 Å². The van der Waals surface area contributed by atoms with Gasteiger partial charge in [-0.15, -0.1) is 11.3 Å². The molecular weight excluding hydrogens is 238 g/mol. The second kappa shape index (κ2) is 4.87. The predicted molar refractivity (Wildman–Crippen MR) is 64.7 cm³/mol. The van der Waals surface area contributed by atoms with Crippen molar-refractivity contribution in [3.05, 3.63) is 22.4 Å². The Labute approximate surface area is 104 Å². The number of nitrogens with two attached hydrogens (primary N) is 1. The highest BCUT2D eigenvalue weighted by atomic mass is 32.1. The highest BCUT2D eigenvalue weighted by Crippen LogP contribution is 2.32. The Morgan fingerprint density at radius 1 is 1.29 bits per heavy atom. The number of esters is 1. The first-order chi connectivity index (χ1) is 8.14. The van der Waals surface area contributed by atoms with E-state index in [4.69, 9.17) is 10.5 Å². The molecule has 0 aromatic carbocycles. The Morgan fingerprint density at radius 3 is 2.53 bits per heavy atom. The van der Waals surface area contributed by atoms with Crippen LogP contribution >= 0.6 is 11.3 Å². The number of ether oxygens (including phenoxy) is 1. The zero-order valence-electron chi connectivity index (χ0n) is 9.48. The lowest BCUT2D eigenvalue weighted by molar-refractivity contribution is -0.140. The maximum Gasteiger partial charge on any atom is 0.349 e. The van der Waals surface area contributed by atoms with Gasteiger partial charge in [0.2, 0.25) is 0 Å². The van der Waals surface area contributed by atoms with E-state index in [1.54, 1.807) is 17.5 Å². The van der Waals surface area contributed by atoms with Gasteiger partial charge in [-0.3, -0.25) is 4.79 Å². The van der Waals surface area contributed by atoms with Gasteiger partial charge in [0.05, 0.1) is 0 Å². The summed E-state index contributed by atoms with van der Waals surface area (Å²) in [5, 5.41) is 1.80. The number of rotatable bonds is 3. The average molecular weight is 253 g/mol. The number of thiophene rings is 1. The SMILES string of the molecule is NC(=O)C1(OC(=O)c2cccs2)CCCCC1. The molecule has 0 aliphatic heterocycles. The zero-order chi connectivity index (χ0) is 12.3. The van der Waals surface area contributed by atoms with Gasteiger partial charge in [0, 0.05) is 0 Å². The molecule has 1 aliphatic carbocycles. The average Bonchev–Trinajstić information content (AvgIpc) is 2.83. The van der Waals surface area contributed by atoms with Crippen LogP contribution in [0.1, 0.15) is 41.8 Å². The number of amides is 1. The van der Waals surface area contributed by atoms with Gasteiger partial charge in [-0.05, 0) is 37.1 Å². The van der Waals surface area contributed by atoms with Crippen LogP contribution < -0.4 is 5.73 Å². The summed E-state index contributed by atoms with van der Waals surface area (Å²) in [5.41, 5.74) is 4.31. The van der Waals surface area contributed by atoms with E-state index in [0.29, 0.717) is 17.7 Å². The van der Waals surface area contributed by atoms with E-state index in [1.165, 1.54) is 11.3 Å². The predicted octanol–water partition coefficient (Wildman–Crippen LogP) is 2.09. The molecule has 0 radical (unpaired) electrons. The smallest absolute Gasteiger partial charge is 0.349 e. The van der Waals surface area contributed by atoms with Crippen LogP contribution in [0.4, 0.5) is 0 Å². The Morgan fingerprint density at radius 2 is 2.00 bits per heavy atom. The van der Waals surface area contributed by atoms with Crippen molar-refractivity contribution in [3.63, 3.8) is 0 Å². The van der Waals surface area contributed by atoms with Crippen LogP contribution in [0.2, 0.25) is 0 Å². The minimum Gasteiger partial charge on any atom is -0.445 e. The van der Waals surface area contributed by atoms with E-state index in [-0.39, 0.29) is 0 Å². The molecule has 2 N–H and O–H groups in total. The standard InChI is InChI=1S/C12H15NO3S/c13-11(15)12(6-2-1-3-7-12)16-10(14)9-5-4-8-17-9/h4-5,8H,1-3,6-7H2,(H2,13,15). The van der Waals surface area contributed by atoms with Gasteiger partial charge in [-0.25, -0.2) is 4.79 Å². The lowest BCUT2D eigenvalue weighted by atomic mass is 9.84. The van der Waals surface area contributed by atoms with Gasteiger partial charge >= 0.3 is 5.97 Å². The van der Waals surface area contributed by atoms with E-state index in [1.807, 2.05) is 0 Å². The van der Waals surface area contributed by atoms with Crippen molar-refractivity contribution in [2.75, 3.05) is 0 Å². The fraction of sp³-hybridized carbons (Fsp3) is 0.500. The van der Waals surface area contributed by atoms with Crippen molar-refractivity contribution in [1.29, 1.82) is 0 Å². The van der Waals surface area contributed by atoms with E-state index in [9.17, 15) is 9.59 Å². The maximum atomic E-state index is 11.9. The molecule has 0 unspecified atom stereocenters. The fourth-order valence-corrected chi connectivity index (χ4v) is 2.74. The molecule has 1 heterocycles. The van der Waals surface area contributed by atoms with E-state index < -0.39 is 17.5 Å². The largest absolute Gasteiger partial charge is 0.445 e. The van der Waals surface area contributed by atoms with Crippen LogP contribution in [0.5, 0.6) is 0 Å². The molecule has 0 bridgehead atoms. The van der Waals surface area contributed by atoms with Crippen LogP contribution in [0.25, 0.3) is 0 Å². The summed E-state index contributed by atoms with van der Waals surface area (Å²) in [5.74, 6) is -0.970. The minimum atomic E-state index is -1.08. The molecule has 2 rings (SSSR count). The lowest BCUT2D eigenvalue weighted by Crippen LogP contribution is -2.48. The van der Waals surface area contributed by atoms with Gasteiger partial charge in [-0.1, -0.05) is 12.5 Å². The van der Waals surface area contributed by atoms with Gasteiger partial charge in [0.25, 0.3) is 5.91 Å². The van der Waals surface area contributed by atoms with Crippen molar-refractivity contribution >= 4 is 23.2 Å². The molecule has 5 heteroatoms. The number of primary amides is 1. The molecule has 1 aromatic heterocycles. The molecule has 1 aliphatic rings. The summed E-state index contributed by atoms with van der Waals surface area (Å²) in [7, 11) is 0. The van der Waals surface area contributed by atoms with Crippen molar-refractivity contribution < 1.29 is 14.3 Å². The first kappa shape index (κ1) is 12.1. The topological polar surface area (TPSA) is 69.4 Å². The summed E-state index contributed by atoms with van der Waals surface area (Å²) >= 11 is 1.30. The molecular formula is C12H15NO3S. The normalized spacial score (nSPS) is 18.6. The summed E-state index contributed by atoms with van der Waals surface area (Å²) in [6, 6.07) is 3.46. The van der Waals surface area contributed by atoms with Crippen molar-refractivity contribution in [3.8, 4) is 0 Å². The molecule has 4 nitrogen and oxygen atoms in total. The monoisotopic (exact) mass is 253 g/mol. The van der Waals surface area contributed by atoms with E-state index in [0.717, 1.165) is 19.3 Å². The quantitative estimate of drug-likeness (QED) is 0.838. The number of carbonyl (C=O) groups excluding carboxylic acids is 2. The third-order valence-electron chi connectivity index (χ3n) is 3.12. The maximum absolute atomic E-state index is 11.9. The molecule has 1 aromatic rings. The number of carbonyl (C=O) groups is 2. The molecule has 92 valence electrons. The third kappa shape index (κ3) is 2.49. The van der Waals surface area contributed by atoms with Gasteiger partial charge < -0.3 is 10.5 Å². The molecule has 1 fully saturated rings. The third-order valence-corrected chi connectivity index (χ3v) is 3.97. The molecule has 0 saturated heterocycles. The van der Waals surface area contributed by atoms with Gasteiger partial charge in [-0.2, -0.15) is 0 Å². The zero-order valence-corrected chi connectivity index (χ0v) is 10.3. The highest BCUT2D eigenvalue weighted by molar-refractivity contribution is 7.11. The fourth-order valence-electron chi connectivity index (χ4n) is 2.14. The van der Waals surface area contributed by atoms with Crippen LogP contribution in [-0.2, 0) is 9.53 Å². The van der Waals surface area contributed by atoms with E-state index in [2.05, 4.69) is 0 Å². The van der Waals surface area contributed by atoms with Crippen LogP contribution in [0, 0.1) is 0 Å². The van der Waals surface area contributed by atoms with Crippen molar-refractivity contribution in [2.24, 2.45) is 5.73 Å². The number of hydrogen-bond acceptors (Lipinski definition) is 4. The molecule has 1 saturated carbocycles. The summed E-state index contributed by atoms with van der Waals surface area (Å²) in [4.78, 5) is 23.9. The van der Waals surface area contributed by atoms with Gasteiger partial charge in [0.1, 0.15) is 4.88 Å². The molecule has 0 spiro atoms. The molecule has 17 heavy (non-hydrogen) atoms. The lowest BCUT2D eigenvalue weighted by Gasteiger charge is -2.33. The molecule has 1 amide bonds. The van der Waals surface area contributed by atoms with Crippen LogP contribution in [0.3, 0.4) is 0 Å². The molecule has 0 atom stereocenters. The summed E-state index contributed by atoms with van der Waals surface area (Å²) in [6.45, 7) is 0. The minimum absolute atomic E-state index is 0.444. The Bertz CT molecular complexity index is 407. The van der Waals surface area contributed by atoms with Crippen molar-refractivity contribution in [2.45, 2.75) is 37.7 Å². The Balaban J connectivity index is 2.13. The Kier molecular flexibility index (Phi) is 3.47. The first-order valence-electron chi connectivity index (χ1n) is 5.71. The summed E-state index contributed by atoms with van der Waals surface area (Å²) in [6.07, 6.45) is 3.89. The van der Waals surface area contributed by atoms with E-state index >= 15 is 0 Å². The second-order valence-electron chi connectivity index (χ2n) is 4.29.